The minimum Gasteiger partial charge on any atom is -0.322 e. The summed E-state index contributed by atoms with van der Waals surface area (Å²) in [5.41, 5.74) is 0.395. The summed E-state index contributed by atoms with van der Waals surface area (Å²) in [6.07, 6.45) is 5.28. The van der Waals surface area contributed by atoms with E-state index in [0.717, 1.165) is 10.6 Å². The van der Waals surface area contributed by atoms with Crippen molar-refractivity contribution in [2.24, 2.45) is 5.10 Å². The quantitative estimate of drug-likeness (QED) is 0.337. The number of benzene rings is 2. The number of carbonyl (C=O) groups is 2. The Labute approximate surface area is 167 Å². The number of nitro groups is 1. The van der Waals surface area contributed by atoms with Crippen LogP contribution in [0, 0.1) is 10.1 Å². The predicted molar refractivity (Wildman–Crippen MR) is 109 cm³/mol. The van der Waals surface area contributed by atoms with Gasteiger partial charge in [0.25, 0.3) is 11.6 Å². The van der Waals surface area contributed by atoms with Crippen LogP contribution in [0.4, 0.5) is 10.5 Å². The van der Waals surface area contributed by atoms with E-state index < -0.39 is 22.4 Å². The van der Waals surface area contributed by atoms with Gasteiger partial charge in [0.2, 0.25) is 0 Å². The molecule has 2 aromatic rings. The molecule has 0 spiro atoms. The molecule has 8 heteroatoms. The number of amides is 3. The average molecular weight is 392 g/mol. The lowest BCUT2D eigenvalue weighted by Crippen LogP contribution is -2.44. The van der Waals surface area contributed by atoms with Gasteiger partial charge in [0.1, 0.15) is 5.54 Å². The molecular formula is C21H20N4O4. The summed E-state index contributed by atoms with van der Waals surface area (Å²) in [5.74, 6) is -0.436. The third-order valence-corrected chi connectivity index (χ3v) is 4.67. The van der Waals surface area contributed by atoms with Crippen molar-refractivity contribution >= 4 is 29.9 Å². The van der Waals surface area contributed by atoms with Gasteiger partial charge in [0.15, 0.2) is 0 Å². The van der Waals surface area contributed by atoms with Gasteiger partial charge in [0, 0.05) is 12.3 Å². The number of hydrogen-bond acceptors (Lipinski definition) is 5. The number of hydrazone groups is 1. The zero-order chi connectivity index (χ0) is 20.9. The summed E-state index contributed by atoms with van der Waals surface area (Å²) in [7, 11) is 0. The minimum atomic E-state index is -1.04. The van der Waals surface area contributed by atoms with Crippen LogP contribution < -0.4 is 5.32 Å². The molecule has 0 radical (unpaired) electrons. The van der Waals surface area contributed by atoms with E-state index in [4.69, 9.17) is 0 Å². The number of carbonyl (C=O) groups excluding carboxylic acids is 2. The van der Waals surface area contributed by atoms with Crippen LogP contribution in [-0.4, -0.2) is 33.6 Å². The first kappa shape index (κ1) is 19.9. The predicted octanol–water partition coefficient (Wildman–Crippen LogP) is 3.54. The molecule has 1 fully saturated rings. The van der Waals surface area contributed by atoms with Crippen molar-refractivity contribution < 1.29 is 14.5 Å². The summed E-state index contributed by atoms with van der Waals surface area (Å²) < 4.78 is 0. The summed E-state index contributed by atoms with van der Waals surface area (Å²) in [6, 6.07) is 15.3. The standard InChI is InChI=1S/C21H20N4O4/c1-21(14-13-16-8-3-2-4-9-16)19(26)24(20(27)23-21)22-15-7-11-17-10-5-6-12-18(17)25(28)29/h2-12,15H,13-14H2,1H3,(H,23,27)/b11-7+,22-15-/t21-/m0/s1. The molecule has 29 heavy (non-hydrogen) atoms. The Balaban J connectivity index is 1.66. The summed E-state index contributed by atoms with van der Waals surface area (Å²) in [6.45, 7) is 1.68. The number of nitrogens with zero attached hydrogens (tertiary/aromatic N) is 3. The molecule has 3 amide bonds. The van der Waals surface area contributed by atoms with E-state index in [9.17, 15) is 19.7 Å². The molecule has 0 aliphatic carbocycles. The third kappa shape index (κ3) is 4.55. The maximum atomic E-state index is 12.7. The average Bonchev–Trinajstić information content (AvgIpc) is 2.93. The molecule has 0 bridgehead atoms. The first-order valence-corrected chi connectivity index (χ1v) is 9.05. The topological polar surface area (TPSA) is 105 Å². The molecule has 1 N–H and O–H groups in total. The second-order valence-corrected chi connectivity index (χ2v) is 6.80. The molecule has 0 unspecified atom stereocenters. The van der Waals surface area contributed by atoms with Crippen molar-refractivity contribution in [2.45, 2.75) is 25.3 Å². The summed E-state index contributed by atoms with van der Waals surface area (Å²) in [4.78, 5) is 35.4. The number of imide groups is 1. The van der Waals surface area contributed by atoms with E-state index >= 15 is 0 Å². The second kappa shape index (κ2) is 8.47. The van der Waals surface area contributed by atoms with Crippen LogP contribution in [0.5, 0.6) is 0 Å². The Bertz CT molecular complexity index is 987. The fraction of sp³-hybridized carbons (Fsp3) is 0.190. The van der Waals surface area contributed by atoms with Crippen LogP contribution in [0.3, 0.4) is 0 Å². The van der Waals surface area contributed by atoms with Crippen LogP contribution in [-0.2, 0) is 11.2 Å². The number of urea groups is 1. The van der Waals surface area contributed by atoms with E-state index in [2.05, 4.69) is 10.4 Å². The van der Waals surface area contributed by atoms with Crippen molar-refractivity contribution in [1.82, 2.24) is 10.3 Å². The van der Waals surface area contributed by atoms with E-state index in [1.807, 2.05) is 30.3 Å². The van der Waals surface area contributed by atoms with Gasteiger partial charge in [-0.15, -0.1) is 5.01 Å². The van der Waals surface area contributed by atoms with Gasteiger partial charge in [-0.25, -0.2) is 4.79 Å². The highest BCUT2D eigenvalue weighted by atomic mass is 16.6. The highest BCUT2D eigenvalue weighted by molar-refractivity contribution is 6.07. The van der Waals surface area contributed by atoms with Gasteiger partial charge in [-0.2, -0.15) is 5.10 Å². The van der Waals surface area contributed by atoms with E-state index in [1.165, 1.54) is 24.4 Å². The number of para-hydroxylation sites is 1. The first-order valence-electron chi connectivity index (χ1n) is 9.05. The Kier molecular flexibility index (Phi) is 5.82. The number of rotatable bonds is 7. The Morgan fingerprint density at radius 3 is 2.55 bits per heavy atom. The number of allylic oxidation sites excluding steroid dienone is 1. The molecule has 1 aliphatic rings. The Morgan fingerprint density at radius 1 is 1.14 bits per heavy atom. The van der Waals surface area contributed by atoms with Crippen LogP contribution in [0.15, 0.2) is 65.8 Å². The lowest BCUT2D eigenvalue weighted by molar-refractivity contribution is -0.385. The van der Waals surface area contributed by atoms with Crippen molar-refractivity contribution in [2.75, 3.05) is 0 Å². The Hall–Kier alpha value is -3.81. The van der Waals surface area contributed by atoms with Gasteiger partial charge >= 0.3 is 6.03 Å². The smallest absolute Gasteiger partial charge is 0.322 e. The zero-order valence-electron chi connectivity index (χ0n) is 15.8. The lowest BCUT2D eigenvalue weighted by Gasteiger charge is -2.20. The summed E-state index contributed by atoms with van der Waals surface area (Å²) >= 11 is 0. The number of nitro benzene ring substituents is 1. The normalized spacial score (nSPS) is 19.3. The third-order valence-electron chi connectivity index (χ3n) is 4.67. The maximum absolute atomic E-state index is 12.7. The van der Waals surface area contributed by atoms with Gasteiger partial charge < -0.3 is 5.32 Å². The van der Waals surface area contributed by atoms with Gasteiger partial charge in [-0.3, -0.25) is 14.9 Å². The minimum absolute atomic E-state index is 0.0411. The van der Waals surface area contributed by atoms with Gasteiger partial charge in [-0.05, 0) is 43.5 Å². The number of aryl methyl sites for hydroxylation is 1. The molecule has 148 valence electrons. The van der Waals surface area contributed by atoms with E-state index in [-0.39, 0.29) is 5.69 Å². The molecule has 1 atom stereocenters. The molecule has 8 nitrogen and oxygen atoms in total. The molecule has 2 aromatic carbocycles. The Morgan fingerprint density at radius 2 is 1.83 bits per heavy atom. The van der Waals surface area contributed by atoms with Crippen molar-refractivity contribution in [3.05, 3.63) is 81.9 Å². The lowest BCUT2D eigenvalue weighted by atomic mass is 9.93. The fourth-order valence-corrected chi connectivity index (χ4v) is 3.03. The first-order chi connectivity index (χ1) is 13.9. The molecule has 0 saturated carbocycles. The number of hydrogen-bond donors (Lipinski definition) is 1. The summed E-state index contributed by atoms with van der Waals surface area (Å²) in [5, 5.41) is 18.4. The number of nitrogens with one attached hydrogen (secondary N) is 1. The van der Waals surface area contributed by atoms with E-state index in [0.29, 0.717) is 18.4 Å². The van der Waals surface area contributed by atoms with Gasteiger partial charge in [0.05, 0.1) is 10.5 Å². The van der Waals surface area contributed by atoms with Crippen LogP contribution >= 0.6 is 0 Å². The highest BCUT2D eigenvalue weighted by Crippen LogP contribution is 2.23. The second-order valence-electron chi connectivity index (χ2n) is 6.80. The molecule has 0 aromatic heterocycles. The highest BCUT2D eigenvalue weighted by Gasteiger charge is 2.47. The molecule has 1 aliphatic heterocycles. The monoisotopic (exact) mass is 392 g/mol. The van der Waals surface area contributed by atoms with Crippen LogP contribution in [0.2, 0.25) is 0 Å². The molecule has 1 saturated heterocycles. The molecule has 3 rings (SSSR count). The van der Waals surface area contributed by atoms with Crippen LogP contribution in [0.1, 0.15) is 24.5 Å². The van der Waals surface area contributed by atoms with Gasteiger partial charge in [-0.1, -0.05) is 42.5 Å². The SMILES string of the molecule is C[C@@]1(CCc2ccccc2)NC(=O)N(/N=C\C=C\c2ccccc2[N+](=O)[O-])C1=O. The van der Waals surface area contributed by atoms with Crippen molar-refractivity contribution in [3.63, 3.8) is 0 Å². The molecule has 1 heterocycles. The van der Waals surface area contributed by atoms with Crippen LogP contribution in [0.25, 0.3) is 6.08 Å². The largest absolute Gasteiger partial charge is 0.346 e. The van der Waals surface area contributed by atoms with Crippen molar-refractivity contribution in [1.29, 1.82) is 0 Å². The van der Waals surface area contributed by atoms with Crippen molar-refractivity contribution in [3.8, 4) is 0 Å². The maximum Gasteiger partial charge on any atom is 0.346 e. The zero-order valence-corrected chi connectivity index (χ0v) is 15.8. The van der Waals surface area contributed by atoms with E-state index in [1.54, 1.807) is 25.1 Å². The molecular weight excluding hydrogens is 372 g/mol. The fourth-order valence-electron chi connectivity index (χ4n) is 3.03.